The van der Waals surface area contributed by atoms with Crippen LogP contribution in [0.1, 0.15) is 36.8 Å². The minimum absolute atomic E-state index is 0.0537. The number of aromatic nitrogens is 2. The smallest absolute Gasteiger partial charge is 0.127 e. The van der Waals surface area contributed by atoms with E-state index in [-0.39, 0.29) is 10.8 Å². The zero-order chi connectivity index (χ0) is 15.0. The number of halogens is 1. The van der Waals surface area contributed by atoms with Crippen molar-refractivity contribution in [2.45, 2.75) is 38.1 Å². The van der Waals surface area contributed by atoms with Gasteiger partial charge in [-0.25, -0.2) is 4.98 Å². The van der Waals surface area contributed by atoms with Crippen molar-refractivity contribution in [1.29, 1.82) is 0 Å². The molecule has 0 fully saturated rings. The number of thiophene rings is 1. The fraction of sp³-hybridized carbons (Fsp3) is 0.353. The van der Waals surface area contributed by atoms with Crippen LogP contribution in [0, 0.1) is 0 Å². The lowest BCUT2D eigenvalue weighted by atomic mass is 9.91. The Bertz CT molecular complexity index is 741. The second kappa shape index (κ2) is 5.47. The number of hydrogen-bond acceptors (Lipinski definition) is 2. The average molecular weight is 319 g/mol. The summed E-state index contributed by atoms with van der Waals surface area (Å²) in [5.74, 6) is 0.947. The second-order valence-corrected chi connectivity index (χ2v) is 7.62. The largest absolute Gasteiger partial charge is 0.326 e. The fourth-order valence-corrected chi connectivity index (χ4v) is 3.71. The number of imidazole rings is 1. The highest BCUT2D eigenvalue weighted by Crippen LogP contribution is 2.33. The van der Waals surface area contributed by atoms with Crippen molar-refractivity contribution in [1.82, 2.24) is 9.55 Å². The molecule has 21 heavy (non-hydrogen) atoms. The van der Waals surface area contributed by atoms with Crippen molar-refractivity contribution >= 4 is 34.0 Å². The second-order valence-electron chi connectivity index (χ2n) is 6.02. The van der Waals surface area contributed by atoms with E-state index >= 15 is 0 Å². The summed E-state index contributed by atoms with van der Waals surface area (Å²) in [5, 5.41) is 2.03. The molecular formula is C17H19ClN2S. The first-order valence-electron chi connectivity index (χ1n) is 7.12. The third-order valence-corrected chi connectivity index (χ3v) is 5.21. The summed E-state index contributed by atoms with van der Waals surface area (Å²) < 4.78 is 2.27. The van der Waals surface area contributed by atoms with E-state index in [1.54, 1.807) is 11.3 Å². The number of para-hydroxylation sites is 2. The Kier molecular flexibility index (Phi) is 3.80. The number of fused-ring (bicyclic) bond motifs is 1. The summed E-state index contributed by atoms with van der Waals surface area (Å²) >= 11 is 8.16. The maximum absolute atomic E-state index is 6.35. The van der Waals surface area contributed by atoms with Crippen LogP contribution in [-0.4, -0.2) is 9.55 Å². The predicted molar refractivity (Wildman–Crippen MR) is 91.3 cm³/mol. The number of nitrogens with zero attached hydrogens (tertiary/aromatic N) is 2. The SMILES string of the molecule is CC(Cl)c1nc2ccccc2n1CC(C)(C)c1cccs1. The van der Waals surface area contributed by atoms with Gasteiger partial charge in [-0.1, -0.05) is 32.0 Å². The zero-order valence-electron chi connectivity index (χ0n) is 12.5. The lowest BCUT2D eigenvalue weighted by Gasteiger charge is -2.25. The highest BCUT2D eigenvalue weighted by atomic mass is 35.5. The number of benzene rings is 1. The Labute approximate surface area is 134 Å². The molecule has 0 aliphatic heterocycles. The van der Waals surface area contributed by atoms with Gasteiger partial charge in [0.25, 0.3) is 0 Å². The Morgan fingerprint density at radius 3 is 2.67 bits per heavy atom. The molecule has 2 heterocycles. The molecule has 0 saturated heterocycles. The van der Waals surface area contributed by atoms with Crippen LogP contribution in [0.25, 0.3) is 11.0 Å². The third kappa shape index (κ3) is 2.72. The molecule has 4 heteroatoms. The molecule has 1 aromatic carbocycles. The van der Waals surface area contributed by atoms with E-state index in [1.165, 1.54) is 4.88 Å². The van der Waals surface area contributed by atoms with E-state index in [2.05, 4.69) is 48.1 Å². The van der Waals surface area contributed by atoms with Crippen molar-refractivity contribution in [2.24, 2.45) is 0 Å². The van der Waals surface area contributed by atoms with E-state index in [4.69, 9.17) is 16.6 Å². The van der Waals surface area contributed by atoms with E-state index < -0.39 is 0 Å². The standard InChI is InChI=1S/C17H19ClN2S/c1-12(18)16-19-13-7-4-5-8-14(13)20(16)11-17(2,3)15-9-6-10-21-15/h4-10,12H,11H2,1-3H3. The summed E-state index contributed by atoms with van der Waals surface area (Å²) in [6, 6.07) is 12.6. The molecule has 0 aliphatic rings. The van der Waals surface area contributed by atoms with Crippen LogP contribution in [0.15, 0.2) is 41.8 Å². The summed E-state index contributed by atoms with van der Waals surface area (Å²) in [6.45, 7) is 7.41. The number of alkyl halides is 1. The van der Waals surface area contributed by atoms with Gasteiger partial charge in [0.05, 0.1) is 16.4 Å². The molecule has 0 aliphatic carbocycles. The van der Waals surface area contributed by atoms with Gasteiger partial charge in [-0.3, -0.25) is 0 Å². The summed E-state index contributed by atoms with van der Waals surface area (Å²) in [6.07, 6.45) is 0. The van der Waals surface area contributed by atoms with Crippen LogP contribution in [-0.2, 0) is 12.0 Å². The van der Waals surface area contributed by atoms with Gasteiger partial charge < -0.3 is 4.57 Å². The lowest BCUT2D eigenvalue weighted by Crippen LogP contribution is -2.24. The van der Waals surface area contributed by atoms with Crippen molar-refractivity contribution in [3.63, 3.8) is 0 Å². The van der Waals surface area contributed by atoms with Crippen LogP contribution in [0.4, 0.5) is 0 Å². The van der Waals surface area contributed by atoms with Crippen molar-refractivity contribution in [3.8, 4) is 0 Å². The van der Waals surface area contributed by atoms with Crippen LogP contribution in [0.5, 0.6) is 0 Å². The Morgan fingerprint density at radius 2 is 2.00 bits per heavy atom. The molecule has 0 radical (unpaired) electrons. The first kappa shape index (κ1) is 14.6. The molecule has 1 atom stereocenters. The highest BCUT2D eigenvalue weighted by Gasteiger charge is 2.26. The first-order chi connectivity index (χ1) is 9.99. The maximum Gasteiger partial charge on any atom is 0.127 e. The molecule has 110 valence electrons. The topological polar surface area (TPSA) is 17.8 Å². The minimum atomic E-state index is -0.100. The van der Waals surface area contributed by atoms with E-state index in [1.807, 2.05) is 19.1 Å². The Balaban J connectivity index is 2.09. The van der Waals surface area contributed by atoms with Crippen molar-refractivity contribution in [2.75, 3.05) is 0 Å². The lowest BCUT2D eigenvalue weighted by molar-refractivity contribution is 0.440. The van der Waals surface area contributed by atoms with Gasteiger partial charge in [0.1, 0.15) is 5.82 Å². The van der Waals surface area contributed by atoms with Crippen LogP contribution in [0.3, 0.4) is 0 Å². The number of rotatable bonds is 4. The highest BCUT2D eigenvalue weighted by molar-refractivity contribution is 7.10. The van der Waals surface area contributed by atoms with E-state index in [0.717, 1.165) is 23.4 Å². The zero-order valence-corrected chi connectivity index (χ0v) is 14.1. The normalized spacial score (nSPS) is 13.7. The molecule has 0 N–H and O–H groups in total. The molecular weight excluding hydrogens is 300 g/mol. The van der Waals surface area contributed by atoms with Gasteiger partial charge in [-0.05, 0) is 30.5 Å². The van der Waals surface area contributed by atoms with Crippen LogP contribution in [0.2, 0.25) is 0 Å². The van der Waals surface area contributed by atoms with E-state index in [9.17, 15) is 0 Å². The van der Waals surface area contributed by atoms with Crippen molar-refractivity contribution in [3.05, 3.63) is 52.5 Å². The minimum Gasteiger partial charge on any atom is -0.326 e. The van der Waals surface area contributed by atoms with Crippen LogP contribution >= 0.6 is 22.9 Å². The van der Waals surface area contributed by atoms with Gasteiger partial charge in [0, 0.05) is 16.8 Å². The van der Waals surface area contributed by atoms with Gasteiger partial charge in [0.15, 0.2) is 0 Å². The van der Waals surface area contributed by atoms with Gasteiger partial charge in [-0.2, -0.15) is 0 Å². The van der Waals surface area contributed by atoms with Gasteiger partial charge in [-0.15, -0.1) is 22.9 Å². The Morgan fingerprint density at radius 1 is 1.24 bits per heavy atom. The monoisotopic (exact) mass is 318 g/mol. The molecule has 2 nitrogen and oxygen atoms in total. The third-order valence-electron chi connectivity index (χ3n) is 3.78. The summed E-state index contributed by atoms with van der Waals surface area (Å²) in [5.41, 5.74) is 2.23. The van der Waals surface area contributed by atoms with E-state index in [0.29, 0.717) is 0 Å². The average Bonchev–Trinajstić information content (AvgIpc) is 3.07. The molecule has 3 rings (SSSR count). The fourth-order valence-electron chi connectivity index (χ4n) is 2.70. The Hall–Kier alpha value is -1.32. The first-order valence-corrected chi connectivity index (χ1v) is 8.44. The summed E-state index contributed by atoms with van der Waals surface area (Å²) in [4.78, 5) is 6.09. The molecule has 2 aromatic heterocycles. The predicted octanol–water partition coefficient (Wildman–Crippen LogP) is 5.38. The molecule has 0 bridgehead atoms. The quantitative estimate of drug-likeness (QED) is 0.591. The van der Waals surface area contributed by atoms with Gasteiger partial charge in [0.2, 0.25) is 0 Å². The molecule has 0 saturated carbocycles. The molecule has 3 aromatic rings. The molecule has 0 spiro atoms. The molecule has 1 unspecified atom stereocenters. The van der Waals surface area contributed by atoms with Crippen molar-refractivity contribution < 1.29 is 0 Å². The van der Waals surface area contributed by atoms with Crippen LogP contribution < -0.4 is 0 Å². The van der Waals surface area contributed by atoms with Gasteiger partial charge >= 0.3 is 0 Å². The maximum atomic E-state index is 6.35. The molecule has 0 amide bonds. The summed E-state index contributed by atoms with van der Waals surface area (Å²) in [7, 11) is 0. The number of hydrogen-bond donors (Lipinski definition) is 0.